The van der Waals surface area contributed by atoms with E-state index in [1.165, 1.54) is 0 Å². The van der Waals surface area contributed by atoms with Crippen LogP contribution < -0.4 is 0 Å². The summed E-state index contributed by atoms with van der Waals surface area (Å²) in [5.41, 5.74) is 0. The molecule has 0 amide bonds. The fourth-order valence-electron chi connectivity index (χ4n) is 2.45. The Balaban J connectivity index is 1.77. The molecule has 1 atom stereocenters. The number of furan rings is 2. The lowest BCUT2D eigenvalue weighted by Gasteiger charge is -2.33. The van der Waals surface area contributed by atoms with Gasteiger partial charge in [0.15, 0.2) is 0 Å². The second-order valence-corrected chi connectivity index (χ2v) is 6.04. The van der Waals surface area contributed by atoms with Crippen molar-refractivity contribution in [1.29, 1.82) is 5.26 Å². The third kappa shape index (κ3) is 2.77. The highest BCUT2D eigenvalue weighted by molar-refractivity contribution is 7.99. The van der Waals surface area contributed by atoms with Crippen molar-refractivity contribution in [3.05, 3.63) is 47.3 Å². The predicted octanol–water partition coefficient (Wildman–Crippen LogP) is 3.34. The lowest BCUT2D eigenvalue weighted by molar-refractivity contribution is 0.173. The molecule has 3 heterocycles. The first kappa shape index (κ1) is 13.3. The quantitative estimate of drug-likeness (QED) is 0.867. The highest BCUT2D eigenvalue weighted by atomic mass is 32.2. The molecular weight excluding hydrogens is 272 g/mol. The second-order valence-electron chi connectivity index (χ2n) is 4.89. The summed E-state index contributed by atoms with van der Waals surface area (Å²) in [6.45, 7) is 3.68. The normalized spacial score (nSPS) is 19.9. The van der Waals surface area contributed by atoms with Crippen molar-refractivity contribution >= 4 is 11.8 Å². The molecule has 2 aromatic heterocycles. The minimum absolute atomic E-state index is 0.276. The summed E-state index contributed by atoms with van der Waals surface area (Å²) in [4.78, 5) is 2.36. The van der Waals surface area contributed by atoms with Crippen LogP contribution in [0.3, 0.4) is 0 Å². The fraction of sp³-hybridized carbons (Fsp3) is 0.400. The van der Waals surface area contributed by atoms with Crippen LogP contribution in [0.5, 0.6) is 0 Å². The van der Waals surface area contributed by atoms with E-state index in [1.54, 1.807) is 6.07 Å². The van der Waals surface area contributed by atoms with Gasteiger partial charge < -0.3 is 8.83 Å². The highest BCUT2D eigenvalue weighted by Gasteiger charge is 2.27. The molecule has 1 aliphatic rings. The second kappa shape index (κ2) is 5.78. The van der Waals surface area contributed by atoms with Gasteiger partial charge in [-0.15, -0.1) is 0 Å². The Morgan fingerprint density at radius 3 is 2.95 bits per heavy atom. The van der Waals surface area contributed by atoms with Crippen LogP contribution in [0.2, 0.25) is 0 Å². The smallest absolute Gasteiger partial charge is 0.203 e. The van der Waals surface area contributed by atoms with Crippen molar-refractivity contribution < 1.29 is 8.83 Å². The molecule has 2 aromatic rings. The van der Waals surface area contributed by atoms with Crippen LogP contribution >= 0.6 is 11.8 Å². The molecule has 104 valence electrons. The number of rotatable bonds is 3. The van der Waals surface area contributed by atoms with E-state index in [4.69, 9.17) is 14.1 Å². The van der Waals surface area contributed by atoms with Gasteiger partial charge >= 0.3 is 0 Å². The Morgan fingerprint density at radius 1 is 1.35 bits per heavy atom. The number of aryl methyl sites for hydroxylation is 1. The molecule has 5 heteroatoms. The summed E-state index contributed by atoms with van der Waals surface area (Å²) in [6.07, 6.45) is 0. The van der Waals surface area contributed by atoms with Gasteiger partial charge in [-0.1, -0.05) is 0 Å². The molecule has 0 saturated carbocycles. The van der Waals surface area contributed by atoms with Gasteiger partial charge in [0.2, 0.25) is 5.76 Å². The van der Waals surface area contributed by atoms with Gasteiger partial charge in [0.25, 0.3) is 0 Å². The first-order valence-electron chi connectivity index (χ1n) is 6.63. The third-order valence-corrected chi connectivity index (χ3v) is 4.48. The Bertz CT molecular complexity index is 626. The predicted molar refractivity (Wildman–Crippen MR) is 77.3 cm³/mol. The van der Waals surface area contributed by atoms with Crippen LogP contribution in [0, 0.1) is 18.3 Å². The third-order valence-electron chi connectivity index (χ3n) is 3.46. The monoisotopic (exact) mass is 288 g/mol. The number of nitriles is 1. The van der Waals surface area contributed by atoms with E-state index in [9.17, 15) is 0 Å². The topological polar surface area (TPSA) is 53.3 Å². The first-order chi connectivity index (χ1) is 9.76. The molecule has 3 rings (SSSR count). The van der Waals surface area contributed by atoms with E-state index in [0.717, 1.165) is 35.3 Å². The molecule has 0 aliphatic carbocycles. The zero-order valence-corrected chi connectivity index (χ0v) is 12.2. The molecule has 1 saturated heterocycles. The minimum Gasteiger partial charge on any atom is -0.465 e. The molecule has 1 unspecified atom stereocenters. The molecule has 20 heavy (non-hydrogen) atoms. The molecule has 0 N–H and O–H groups in total. The molecule has 1 aliphatic heterocycles. The van der Waals surface area contributed by atoms with Gasteiger partial charge in [0, 0.05) is 18.1 Å². The minimum atomic E-state index is 0.276. The van der Waals surface area contributed by atoms with E-state index in [2.05, 4.69) is 11.0 Å². The van der Waals surface area contributed by atoms with Crippen LogP contribution in [-0.4, -0.2) is 23.0 Å². The van der Waals surface area contributed by atoms with E-state index >= 15 is 0 Å². The molecule has 4 nitrogen and oxygen atoms in total. The van der Waals surface area contributed by atoms with Gasteiger partial charge in [-0.05, 0) is 31.2 Å². The van der Waals surface area contributed by atoms with Crippen molar-refractivity contribution in [2.75, 3.05) is 18.1 Å². The lowest BCUT2D eigenvalue weighted by Crippen LogP contribution is -2.35. The van der Waals surface area contributed by atoms with Crippen LogP contribution in [0.1, 0.15) is 29.1 Å². The number of hydrogen-bond donors (Lipinski definition) is 0. The average Bonchev–Trinajstić information content (AvgIpc) is 3.08. The Hall–Kier alpha value is -1.64. The van der Waals surface area contributed by atoms with Gasteiger partial charge in [-0.2, -0.15) is 17.0 Å². The SMILES string of the molecule is Cc1ccc(C2CSCCN2Cc2ccc(C#N)o2)o1. The first-order valence-corrected chi connectivity index (χ1v) is 7.78. The summed E-state index contributed by atoms with van der Waals surface area (Å²) < 4.78 is 11.3. The van der Waals surface area contributed by atoms with Crippen LogP contribution in [-0.2, 0) is 6.54 Å². The maximum atomic E-state index is 8.81. The molecule has 0 bridgehead atoms. The average molecular weight is 288 g/mol. The van der Waals surface area contributed by atoms with Crippen LogP contribution in [0.15, 0.2) is 33.1 Å². The number of thioether (sulfide) groups is 1. The molecule has 0 radical (unpaired) electrons. The summed E-state index contributed by atoms with van der Waals surface area (Å²) >= 11 is 1.95. The maximum absolute atomic E-state index is 8.81. The largest absolute Gasteiger partial charge is 0.465 e. The highest BCUT2D eigenvalue weighted by Crippen LogP contribution is 2.32. The summed E-state index contributed by atoms with van der Waals surface area (Å²) in [7, 11) is 0. The van der Waals surface area contributed by atoms with Crippen molar-refractivity contribution in [2.24, 2.45) is 0 Å². The summed E-state index contributed by atoms with van der Waals surface area (Å²) in [6, 6.07) is 9.97. The van der Waals surface area contributed by atoms with E-state index in [-0.39, 0.29) is 6.04 Å². The number of nitrogens with zero attached hydrogens (tertiary/aromatic N) is 2. The van der Waals surface area contributed by atoms with Crippen molar-refractivity contribution in [1.82, 2.24) is 4.90 Å². The Morgan fingerprint density at radius 2 is 2.25 bits per heavy atom. The zero-order valence-electron chi connectivity index (χ0n) is 11.3. The van der Waals surface area contributed by atoms with Crippen LogP contribution in [0.25, 0.3) is 0 Å². The zero-order chi connectivity index (χ0) is 13.9. The summed E-state index contributed by atoms with van der Waals surface area (Å²) in [5.74, 6) is 5.31. The molecule has 0 aromatic carbocycles. The van der Waals surface area contributed by atoms with Gasteiger partial charge in [0.05, 0.1) is 12.6 Å². The van der Waals surface area contributed by atoms with Crippen molar-refractivity contribution in [3.63, 3.8) is 0 Å². The fourth-order valence-corrected chi connectivity index (χ4v) is 3.57. The Kier molecular flexibility index (Phi) is 3.86. The summed E-state index contributed by atoms with van der Waals surface area (Å²) in [5, 5.41) is 8.81. The van der Waals surface area contributed by atoms with Crippen LogP contribution in [0.4, 0.5) is 0 Å². The molecular formula is C15H16N2O2S. The molecule has 1 fully saturated rings. The van der Waals surface area contributed by atoms with E-state index in [1.807, 2.05) is 36.9 Å². The maximum Gasteiger partial charge on any atom is 0.203 e. The van der Waals surface area contributed by atoms with Gasteiger partial charge in [0.1, 0.15) is 23.3 Å². The van der Waals surface area contributed by atoms with Gasteiger partial charge in [-0.3, -0.25) is 4.90 Å². The van der Waals surface area contributed by atoms with Gasteiger partial charge in [-0.25, -0.2) is 0 Å². The molecule has 0 spiro atoms. The standard InChI is InChI=1S/C15H16N2O2S/c1-11-2-5-15(18-11)14-10-20-7-6-17(14)9-13-4-3-12(8-16)19-13/h2-5,14H,6-7,9-10H2,1H3. The van der Waals surface area contributed by atoms with E-state index in [0.29, 0.717) is 12.3 Å². The van der Waals surface area contributed by atoms with E-state index < -0.39 is 0 Å². The van der Waals surface area contributed by atoms with Crippen molar-refractivity contribution in [2.45, 2.75) is 19.5 Å². The Labute approximate surface area is 122 Å². The lowest BCUT2D eigenvalue weighted by atomic mass is 10.2. The number of hydrogen-bond acceptors (Lipinski definition) is 5. The van der Waals surface area contributed by atoms with Crippen molar-refractivity contribution in [3.8, 4) is 6.07 Å².